The highest BCUT2D eigenvalue weighted by molar-refractivity contribution is 5.56. The fraction of sp³-hybridized carbons (Fsp3) is 0.375. The largest absolute Gasteiger partial charge is 0.474 e. The predicted octanol–water partition coefficient (Wildman–Crippen LogP) is 1.06. The molecule has 2 aromatic heterocycles. The van der Waals surface area contributed by atoms with Gasteiger partial charge in [0.25, 0.3) is 0 Å². The molecule has 0 bridgehead atoms. The number of ether oxygens (including phenoxy) is 3. The van der Waals surface area contributed by atoms with Gasteiger partial charge in [0.1, 0.15) is 19.0 Å². The van der Waals surface area contributed by atoms with Crippen LogP contribution in [0, 0.1) is 0 Å². The summed E-state index contributed by atoms with van der Waals surface area (Å²) in [6.45, 7) is 3.82. The van der Waals surface area contributed by atoms with Crippen LogP contribution in [0.25, 0.3) is 0 Å². The summed E-state index contributed by atoms with van der Waals surface area (Å²) in [7, 11) is 0. The number of nitrogens with zero attached hydrogens (tertiary/aromatic N) is 3. The third-order valence-corrected chi connectivity index (χ3v) is 3.53. The summed E-state index contributed by atoms with van der Waals surface area (Å²) in [6.07, 6.45) is 1.68. The maximum Gasteiger partial charge on any atom is 0.217 e. The zero-order valence-corrected chi connectivity index (χ0v) is 13.4. The molecule has 0 amide bonds. The first-order valence-electron chi connectivity index (χ1n) is 7.83. The Hall–Kier alpha value is -2.58. The van der Waals surface area contributed by atoms with Crippen molar-refractivity contribution in [1.29, 1.82) is 0 Å². The number of nitrogens with one attached hydrogen (secondary N) is 1. The fourth-order valence-electron chi connectivity index (χ4n) is 2.37. The van der Waals surface area contributed by atoms with Crippen molar-refractivity contribution in [2.75, 3.05) is 49.8 Å². The minimum Gasteiger partial charge on any atom is -0.474 e. The first-order chi connectivity index (χ1) is 11.8. The third-order valence-electron chi connectivity index (χ3n) is 3.53. The van der Waals surface area contributed by atoms with Crippen LogP contribution in [-0.4, -0.2) is 49.5 Å². The maximum absolute atomic E-state index is 5.68. The van der Waals surface area contributed by atoms with E-state index < -0.39 is 0 Å². The molecule has 1 fully saturated rings. The van der Waals surface area contributed by atoms with Crippen molar-refractivity contribution >= 4 is 11.5 Å². The molecule has 3 rings (SSSR count). The second-order valence-electron chi connectivity index (χ2n) is 5.16. The monoisotopic (exact) mass is 331 g/mol. The van der Waals surface area contributed by atoms with Crippen molar-refractivity contribution in [2.24, 2.45) is 5.84 Å². The van der Waals surface area contributed by atoms with E-state index in [9.17, 15) is 0 Å². The van der Waals surface area contributed by atoms with Crippen molar-refractivity contribution in [3.63, 3.8) is 0 Å². The Morgan fingerprint density at radius 3 is 2.62 bits per heavy atom. The highest BCUT2D eigenvalue weighted by Crippen LogP contribution is 2.24. The van der Waals surface area contributed by atoms with Gasteiger partial charge in [-0.15, -0.1) is 0 Å². The van der Waals surface area contributed by atoms with E-state index in [1.165, 1.54) is 0 Å². The molecule has 8 heteroatoms. The van der Waals surface area contributed by atoms with E-state index in [2.05, 4.69) is 20.3 Å². The lowest BCUT2D eigenvalue weighted by atomic mass is 10.3. The van der Waals surface area contributed by atoms with E-state index in [4.69, 9.17) is 20.1 Å². The van der Waals surface area contributed by atoms with Crippen LogP contribution in [0.3, 0.4) is 0 Å². The van der Waals surface area contributed by atoms with Crippen LogP contribution in [-0.2, 0) is 4.74 Å². The van der Waals surface area contributed by atoms with Gasteiger partial charge in [-0.3, -0.25) is 0 Å². The van der Waals surface area contributed by atoms with Gasteiger partial charge in [0.05, 0.1) is 13.2 Å². The van der Waals surface area contributed by atoms with Gasteiger partial charge in [0.15, 0.2) is 0 Å². The second kappa shape index (κ2) is 8.32. The first-order valence-corrected chi connectivity index (χ1v) is 7.83. The van der Waals surface area contributed by atoms with E-state index >= 15 is 0 Å². The number of hydrazine groups is 1. The molecular formula is C16H21N5O3. The van der Waals surface area contributed by atoms with Crippen LogP contribution in [0.2, 0.25) is 0 Å². The van der Waals surface area contributed by atoms with Gasteiger partial charge >= 0.3 is 0 Å². The normalized spacial score (nSPS) is 14.3. The number of rotatable bonds is 7. The number of nitrogens with two attached hydrogens (primary N) is 1. The number of hydrogen-bond acceptors (Lipinski definition) is 8. The molecule has 0 spiro atoms. The summed E-state index contributed by atoms with van der Waals surface area (Å²) in [5, 5.41) is 0. The summed E-state index contributed by atoms with van der Waals surface area (Å²) < 4.78 is 16.6. The molecule has 24 heavy (non-hydrogen) atoms. The summed E-state index contributed by atoms with van der Waals surface area (Å²) in [5.41, 5.74) is 3.57. The zero-order valence-electron chi connectivity index (χ0n) is 13.4. The summed E-state index contributed by atoms with van der Waals surface area (Å²) in [5.74, 6) is 7.13. The third kappa shape index (κ3) is 4.46. The summed E-state index contributed by atoms with van der Waals surface area (Å²) >= 11 is 0. The Kier molecular flexibility index (Phi) is 5.65. The second-order valence-corrected chi connectivity index (χ2v) is 5.16. The van der Waals surface area contributed by atoms with Crippen LogP contribution in [0.15, 0.2) is 36.5 Å². The smallest absolute Gasteiger partial charge is 0.217 e. The van der Waals surface area contributed by atoms with Gasteiger partial charge in [-0.25, -0.2) is 10.8 Å². The molecule has 0 saturated carbocycles. The topological polar surface area (TPSA) is 94.8 Å². The fourth-order valence-corrected chi connectivity index (χ4v) is 2.37. The molecule has 8 nitrogen and oxygen atoms in total. The average molecular weight is 331 g/mol. The molecule has 0 atom stereocenters. The molecule has 2 aromatic rings. The summed E-state index contributed by atoms with van der Waals surface area (Å²) in [6, 6.07) is 9.30. The molecule has 0 unspecified atom stereocenters. The minimum atomic E-state index is 0.361. The molecule has 3 N–H and O–H groups in total. The average Bonchev–Trinajstić information content (AvgIpc) is 2.66. The molecule has 0 aromatic carbocycles. The standard InChI is InChI=1S/C16H21N5O3/c17-20-14-11-13(21-5-7-22-8-6-21)12-16(19-14)24-10-9-23-15-3-1-2-4-18-15/h1-4,11-12H,5-10,17H2,(H,19,20). The maximum atomic E-state index is 5.68. The number of hydrogen-bond donors (Lipinski definition) is 2. The highest BCUT2D eigenvalue weighted by Gasteiger charge is 2.14. The summed E-state index contributed by atoms with van der Waals surface area (Å²) in [4.78, 5) is 10.6. The highest BCUT2D eigenvalue weighted by atomic mass is 16.5. The molecule has 1 saturated heterocycles. The van der Waals surface area contributed by atoms with Gasteiger partial charge < -0.3 is 24.5 Å². The van der Waals surface area contributed by atoms with Gasteiger partial charge in [-0.05, 0) is 6.07 Å². The lowest BCUT2D eigenvalue weighted by Crippen LogP contribution is -2.36. The number of pyridine rings is 2. The van der Waals surface area contributed by atoms with Gasteiger partial charge in [0.2, 0.25) is 11.8 Å². The molecule has 1 aliphatic rings. The molecular weight excluding hydrogens is 310 g/mol. The van der Waals surface area contributed by atoms with E-state index in [0.717, 1.165) is 18.8 Å². The Bertz CT molecular complexity index is 635. The van der Waals surface area contributed by atoms with Crippen LogP contribution in [0.5, 0.6) is 11.8 Å². The van der Waals surface area contributed by atoms with E-state index in [1.807, 2.05) is 24.3 Å². The lowest BCUT2D eigenvalue weighted by molar-refractivity contribution is 0.122. The van der Waals surface area contributed by atoms with Gasteiger partial charge in [-0.1, -0.05) is 6.07 Å². The Balaban J connectivity index is 1.57. The van der Waals surface area contributed by atoms with Crippen molar-refractivity contribution in [3.8, 4) is 11.8 Å². The molecule has 1 aliphatic heterocycles. The predicted molar refractivity (Wildman–Crippen MR) is 90.3 cm³/mol. The van der Waals surface area contributed by atoms with Crippen LogP contribution in [0.4, 0.5) is 11.5 Å². The molecule has 128 valence electrons. The Labute approximate surface area is 140 Å². The van der Waals surface area contributed by atoms with E-state index in [0.29, 0.717) is 44.0 Å². The SMILES string of the molecule is NNc1cc(N2CCOCC2)cc(OCCOc2ccccn2)n1. The number of nitrogen functional groups attached to an aromatic ring is 1. The number of aromatic nitrogens is 2. The van der Waals surface area contributed by atoms with Crippen molar-refractivity contribution in [2.45, 2.75) is 0 Å². The van der Waals surface area contributed by atoms with Crippen molar-refractivity contribution in [3.05, 3.63) is 36.5 Å². The minimum absolute atomic E-state index is 0.361. The lowest BCUT2D eigenvalue weighted by Gasteiger charge is -2.29. The van der Waals surface area contributed by atoms with E-state index in [1.54, 1.807) is 12.3 Å². The number of anilines is 2. The molecule has 0 radical (unpaired) electrons. The van der Waals surface area contributed by atoms with Gasteiger partial charge in [-0.2, -0.15) is 4.98 Å². The van der Waals surface area contributed by atoms with Crippen molar-refractivity contribution < 1.29 is 14.2 Å². The Morgan fingerprint density at radius 2 is 1.92 bits per heavy atom. The molecule has 0 aliphatic carbocycles. The van der Waals surface area contributed by atoms with Crippen LogP contribution < -0.4 is 25.6 Å². The quantitative estimate of drug-likeness (QED) is 0.442. The van der Waals surface area contributed by atoms with Crippen molar-refractivity contribution in [1.82, 2.24) is 9.97 Å². The Morgan fingerprint density at radius 1 is 1.12 bits per heavy atom. The van der Waals surface area contributed by atoms with Crippen LogP contribution in [0.1, 0.15) is 0 Å². The zero-order chi connectivity index (χ0) is 16.6. The number of morpholine rings is 1. The first kappa shape index (κ1) is 16.3. The van der Waals surface area contributed by atoms with E-state index in [-0.39, 0.29) is 0 Å². The van der Waals surface area contributed by atoms with Crippen LogP contribution >= 0.6 is 0 Å². The molecule has 3 heterocycles. The van der Waals surface area contributed by atoms with Gasteiger partial charge in [0, 0.05) is 43.2 Å².